The summed E-state index contributed by atoms with van der Waals surface area (Å²) in [7, 11) is -3.67. The monoisotopic (exact) mass is 218 g/mol. The lowest BCUT2D eigenvalue weighted by atomic mass is 10.4. The summed E-state index contributed by atoms with van der Waals surface area (Å²) in [4.78, 5) is 0. The molecule has 0 unspecified atom stereocenters. The molecule has 0 fully saturated rings. The topological polar surface area (TPSA) is 58.2 Å². The van der Waals surface area contributed by atoms with Crippen molar-refractivity contribution in [2.75, 3.05) is 6.26 Å². The Morgan fingerprint density at radius 3 is 2.00 bits per heavy atom. The highest BCUT2D eigenvalue weighted by atomic mass is 32.2. The molecule has 80 valence electrons. The Bertz CT molecular complexity index is 326. The molecule has 5 heteroatoms. The van der Waals surface area contributed by atoms with Gasteiger partial charge in [-0.1, -0.05) is 13.0 Å². The van der Waals surface area contributed by atoms with Crippen LogP contribution in [0.15, 0.2) is 30.6 Å². The molecule has 1 rings (SSSR count). The first-order chi connectivity index (χ1) is 6.43. The fourth-order valence-electron chi connectivity index (χ4n) is 0.842. The molecule has 0 saturated heterocycles. The van der Waals surface area contributed by atoms with Crippen LogP contribution in [0.3, 0.4) is 0 Å². The van der Waals surface area contributed by atoms with E-state index in [1.165, 1.54) is 6.42 Å². The van der Waals surface area contributed by atoms with Gasteiger partial charge in [-0.3, -0.25) is 4.55 Å². The van der Waals surface area contributed by atoms with E-state index >= 15 is 0 Å². The van der Waals surface area contributed by atoms with Gasteiger partial charge in [0.05, 0.1) is 6.26 Å². The van der Waals surface area contributed by atoms with Crippen molar-refractivity contribution in [2.45, 2.75) is 19.9 Å². The lowest BCUT2D eigenvalue weighted by Gasteiger charge is -1.88. The van der Waals surface area contributed by atoms with Gasteiger partial charge in [0.2, 0.25) is 0 Å². The first-order valence-electron chi connectivity index (χ1n) is 4.30. The SMILES string of the molecule is CCC[n+]1ccccc1.CS(=O)(=O)O. The molecule has 0 radical (unpaired) electrons. The Kier molecular flexibility index (Phi) is 6.07. The van der Waals surface area contributed by atoms with Crippen LogP contribution in [0.2, 0.25) is 0 Å². The maximum atomic E-state index is 9.19. The number of aromatic nitrogens is 1. The third-order valence-corrected chi connectivity index (χ3v) is 1.26. The second kappa shape index (κ2) is 6.50. The minimum Gasteiger partial charge on any atom is -0.286 e. The molecule has 4 nitrogen and oxygen atoms in total. The highest BCUT2D eigenvalue weighted by Gasteiger charge is 1.90. The van der Waals surface area contributed by atoms with E-state index in [-0.39, 0.29) is 0 Å². The van der Waals surface area contributed by atoms with Gasteiger partial charge in [-0.05, 0) is 0 Å². The van der Waals surface area contributed by atoms with E-state index in [9.17, 15) is 8.42 Å². The van der Waals surface area contributed by atoms with Crippen LogP contribution >= 0.6 is 0 Å². The van der Waals surface area contributed by atoms with Crippen molar-refractivity contribution < 1.29 is 17.5 Å². The number of hydrogen-bond donors (Lipinski definition) is 1. The predicted molar refractivity (Wildman–Crippen MR) is 54.4 cm³/mol. The molecule has 0 aliphatic rings. The van der Waals surface area contributed by atoms with Crippen molar-refractivity contribution >= 4 is 10.1 Å². The van der Waals surface area contributed by atoms with Crippen molar-refractivity contribution in [1.82, 2.24) is 0 Å². The molecular formula is C9H16NO3S+. The Morgan fingerprint density at radius 2 is 1.64 bits per heavy atom. The van der Waals surface area contributed by atoms with Crippen LogP contribution < -0.4 is 4.57 Å². The number of nitrogens with zero attached hydrogens (tertiary/aromatic N) is 1. The smallest absolute Gasteiger partial charge is 0.261 e. The second-order valence-corrected chi connectivity index (χ2v) is 4.31. The highest BCUT2D eigenvalue weighted by Crippen LogP contribution is 1.78. The van der Waals surface area contributed by atoms with Crippen molar-refractivity contribution in [1.29, 1.82) is 0 Å². The van der Waals surface area contributed by atoms with Crippen LogP contribution in [-0.4, -0.2) is 19.2 Å². The number of rotatable bonds is 2. The third kappa shape index (κ3) is 11.1. The van der Waals surface area contributed by atoms with E-state index in [0.29, 0.717) is 6.26 Å². The summed E-state index contributed by atoms with van der Waals surface area (Å²) in [6, 6.07) is 6.14. The summed E-state index contributed by atoms with van der Waals surface area (Å²) in [5.41, 5.74) is 0. The summed E-state index contributed by atoms with van der Waals surface area (Å²) < 4.78 is 28.0. The summed E-state index contributed by atoms with van der Waals surface area (Å²) in [6.45, 7) is 3.31. The van der Waals surface area contributed by atoms with E-state index in [4.69, 9.17) is 4.55 Å². The Labute approximate surface area is 85.0 Å². The van der Waals surface area contributed by atoms with Gasteiger partial charge in [0.1, 0.15) is 6.54 Å². The summed E-state index contributed by atoms with van der Waals surface area (Å²) in [5.74, 6) is 0. The van der Waals surface area contributed by atoms with Crippen LogP contribution in [0.5, 0.6) is 0 Å². The van der Waals surface area contributed by atoms with Gasteiger partial charge in [0.25, 0.3) is 10.1 Å². The van der Waals surface area contributed by atoms with Crippen molar-refractivity contribution in [3.05, 3.63) is 30.6 Å². The van der Waals surface area contributed by atoms with E-state index < -0.39 is 10.1 Å². The van der Waals surface area contributed by atoms with Crippen LogP contribution in [-0.2, 0) is 16.7 Å². The molecule has 1 aromatic rings. The maximum Gasteiger partial charge on any atom is 0.261 e. The maximum absolute atomic E-state index is 9.19. The average Bonchev–Trinajstić information content (AvgIpc) is 2.03. The molecule has 0 aromatic carbocycles. The second-order valence-electron chi connectivity index (χ2n) is 2.85. The van der Waals surface area contributed by atoms with Gasteiger partial charge in [-0.2, -0.15) is 8.42 Å². The van der Waals surface area contributed by atoms with Crippen LogP contribution in [0.4, 0.5) is 0 Å². The van der Waals surface area contributed by atoms with Crippen LogP contribution in [0, 0.1) is 0 Å². The summed E-state index contributed by atoms with van der Waals surface area (Å²) in [6.07, 6.45) is 6.09. The first kappa shape index (κ1) is 13.1. The minimum absolute atomic E-state index is 0.715. The van der Waals surface area contributed by atoms with E-state index in [1.54, 1.807) is 0 Å². The molecule has 0 aliphatic heterocycles. The van der Waals surface area contributed by atoms with Crippen LogP contribution in [0.1, 0.15) is 13.3 Å². The minimum atomic E-state index is -3.67. The fourth-order valence-corrected chi connectivity index (χ4v) is 0.842. The Hall–Kier alpha value is -0.940. The highest BCUT2D eigenvalue weighted by molar-refractivity contribution is 7.85. The van der Waals surface area contributed by atoms with Crippen molar-refractivity contribution in [3.8, 4) is 0 Å². The molecule has 0 saturated carbocycles. The zero-order valence-corrected chi connectivity index (χ0v) is 9.24. The number of hydrogen-bond acceptors (Lipinski definition) is 2. The van der Waals surface area contributed by atoms with E-state index in [0.717, 1.165) is 6.54 Å². The zero-order chi connectivity index (χ0) is 11.0. The molecular weight excluding hydrogens is 202 g/mol. The standard InChI is InChI=1S/C8H12N.CH4O3S/c1-2-6-9-7-4-3-5-8-9;1-5(2,3)4/h3-5,7-8H,2,6H2,1H3;1H3,(H,2,3,4)/q+1;. The molecule has 0 spiro atoms. The quantitative estimate of drug-likeness (QED) is 0.592. The first-order valence-corrected chi connectivity index (χ1v) is 6.15. The molecule has 1 N–H and O–H groups in total. The third-order valence-electron chi connectivity index (χ3n) is 1.26. The van der Waals surface area contributed by atoms with Gasteiger partial charge in [-0.25, -0.2) is 4.57 Å². The average molecular weight is 218 g/mol. The molecule has 0 bridgehead atoms. The van der Waals surface area contributed by atoms with Crippen LogP contribution in [0.25, 0.3) is 0 Å². The predicted octanol–water partition coefficient (Wildman–Crippen LogP) is 0.888. The zero-order valence-electron chi connectivity index (χ0n) is 8.42. The fraction of sp³-hybridized carbons (Fsp3) is 0.444. The number of pyridine rings is 1. The van der Waals surface area contributed by atoms with Gasteiger partial charge < -0.3 is 0 Å². The van der Waals surface area contributed by atoms with Gasteiger partial charge in [-0.15, -0.1) is 0 Å². The van der Waals surface area contributed by atoms with Gasteiger partial charge in [0.15, 0.2) is 12.4 Å². The lowest BCUT2D eigenvalue weighted by molar-refractivity contribution is -0.697. The Balaban J connectivity index is 0.000000292. The normalized spacial score (nSPS) is 10.2. The van der Waals surface area contributed by atoms with Gasteiger partial charge in [0, 0.05) is 18.6 Å². The molecule has 0 atom stereocenters. The van der Waals surface area contributed by atoms with E-state index in [1.807, 2.05) is 6.07 Å². The molecule has 0 amide bonds. The van der Waals surface area contributed by atoms with E-state index in [2.05, 4.69) is 36.0 Å². The van der Waals surface area contributed by atoms with Crippen molar-refractivity contribution in [2.24, 2.45) is 0 Å². The largest absolute Gasteiger partial charge is 0.286 e. The Morgan fingerprint density at radius 1 is 1.21 bits per heavy atom. The molecule has 1 heterocycles. The molecule has 0 aliphatic carbocycles. The molecule has 1 aromatic heterocycles. The van der Waals surface area contributed by atoms with Gasteiger partial charge >= 0.3 is 0 Å². The van der Waals surface area contributed by atoms with Crippen molar-refractivity contribution in [3.63, 3.8) is 0 Å². The summed E-state index contributed by atoms with van der Waals surface area (Å²) in [5, 5.41) is 0. The number of aryl methyl sites for hydroxylation is 1. The lowest BCUT2D eigenvalue weighted by Crippen LogP contribution is -2.31. The molecule has 14 heavy (non-hydrogen) atoms. The summed E-state index contributed by atoms with van der Waals surface area (Å²) >= 11 is 0.